The molecular formula is C11H22N2O2. The number of hydrogen-bond donors (Lipinski definition) is 1. The van der Waals surface area contributed by atoms with Gasteiger partial charge < -0.3 is 9.64 Å². The molecule has 0 radical (unpaired) electrons. The van der Waals surface area contributed by atoms with Crippen LogP contribution in [0.3, 0.4) is 0 Å². The maximum absolute atomic E-state index is 11.8. The Bertz CT molecular complexity index is 221. The number of hydrogen-bond acceptors (Lipinski definition) is 4. The van der Waals surface area contributed by atoms with Crippen LogP contribution in [0.2, 0.25) is 0 Å². The summed E-state index contributed by atoms with van der Waals surface area (Å²) < 4.78 is 4.91. The minimum absolute atomic E-state index is 0.121. The summed E-state index contributed by atoms with van der Waals surface area (Å²) in [6.07, 6.45) is 1.66. The number of carbonyl (C=O) groups excluding carboxylic acids is 1. The van der Waals surface area contributed by atoms with Crippen molar-refractivity contribution >= 4 is 5.97 Å². The average Bonchev–Trinajstić information content (AvgIpc) is 2.20. The monoisotopic (exact) mass is 214 g/mol. The lowest BCUT2D eigenvalue weighted by Gasteiger charge is -2.40. The average molecular weight is 214 g/mol. The Morgan fingerprint density at radius 2 is 1.93 bits per heavy atom. The normalized spacial score (nSPS) is 21.7. The molecule has 1 heterocycles. The number of likely N-dealkylation sites (tertiary alicyclic amines) is 1. The number of methoxy groups -OCH3 is 1. The van der Waals surface area contributed by atoms with Crippen LogP contribution in [0.25, 0.3) is 0 Å². The number of ether oxygens (including phenoxy) is 1. The van der Waals surface area contributed by atoms with Crippen molar-refractivity contribution in [3.63, 3.8) is 0 Å². The molecular weight excluding hydrogens is 192 g/mol. The Morgan fingerprint density at radius 3 is 2.33 bits per heavy atom. The van der Waals surface area contributed by atoms with Crippen LogP contribution < -0.4 is 5.32 Å². The molecule has 0 aromatic heterocycles. The van der Waals surface area contributed by atoms with Gasteiger partial charge in [0.1, 0.15) is 5.54 Å². The quantitative estimate of drug-likeness (QED) is 0.699. The Balaban J connectivity index is 2.73. The third kappa shape index (κ3) is 2.92. The lowest BCUT2D eigenvalue weighted by atomic mass is 9.87. The highest BCUT2D eigenvalue weighted by atomic mass is 16.5. The molecule has 0 unspecified atom stereocenters. The first-order valence-electron chi connectivity index (χ1n) is 5.55. The van der Waals surface area contributed by atoms with Gasteiger partial charge in [-0.05, 0) is 33.7 Å². The molecule has 1 aliphatic heterocycles. The molecule has 0 saturated carbocycles. The van der Waals surface area contributed by atoms with Crippen molar-refractivity contribution in [2.24, 2.45) is 0 Å². The molecule has 0 amide bonds. The SMILES string of the molecule is COC(=O)C1(NC(C)C)CCN(C)CC1. The predicted octanol–water partition coefficient (Wildman–Crippen LogP) is 0.622. The zero-order valence-corrected chi connectivity index (χ0v) is 10.2. The van der Waals surface area contributed by atoms with Gasteiger partial charge in [-0.25, -0.2) is 0 Å². The van der Waals surface area contributed by atoms with Gasteiger partial charge in [-0.2, -0.15) is 0 Å². The molecule has 0 aromatic rings. The van der Waals surface area contributed by atoms with Crippen LogP contribution in [0.5, 0.6) is 0 Å². The largest absolute Gasteiger partial charge is 0.468 e. The maximum atomic E-state index is 11.8. The molecule has 1 aliphatic rings. The van der Waals surface area contributed by atoms with Gasteiger partial charge in [0, 0.05) is 19.1 Å². The first kappa shape index (κ1) is 12.5. The minimum Gasteiger partial charge on any atom is -0.468 e. The van der Waals surface area contributed by atoms with Gasteiger partial charge in [-0.1, -0.05) is 0 Å². The number of rotatable bonds is 3. The van der Waals surface area contributed by atoms with E-state index < -0.39 is 5.54 Å². The van der Waals surface area contributed by atoms with Crippen molar-refractivity contribution in [3.8, 4) is 0 Å². The molecule has 88 valence electrons. The van der Waals surface area contributed by atoms with Gasteiger partial charge in [0.25, 0.3) is 0 Å². The van der Waals surface area contributed by atoms with E-state index in [-0.39, 0.29) is 5.97 Å². The van der Waals surface area contributed by atoms with Crippen LogP contribution in [0.15, 0.2) is 0 Å². The zero-order chi connectivity index (χ0) is 11.5. The first-order valence-corrected chi connectivity index (χ1v) is 5.55. The van der Waals surface area contributed by atoms with Crippen molar-refractivity contribution in [1.82, 2.24) is 10.2 Å². The highest BCUT2D eigenvalue weighted by molar-refractivity contribution is 5.81. The molecule has 0 aromatic carbocycles. The van der Waals surface area contributed by atoms with Crippen molar-refractivity contribution < 1.29 is 9.53 Å². The van der Waals surface area contributed by atoms with Crippen LogP contribution in [0.4, 0.5) is 0 Å². The van der Waals surface area contributed by atoms with Crippen molar-refractivity contribution in [2.75, 3.05) is 27.2 Å². The number of carbonyl (C=O) groups is 1. The molecule has 0 aliphatic carbocycles. The third-order valence-corrected chi connectivity index (χ3v) is 2.98. The topological polar surface area (TPSA) is 41.6 Å². The van der Waals surface area contributed by atoms with Gasteiger partial charge in [0.15, 0.2) is 0 Å². The van der Waals surface area contributed by atoms with Crippen molar-refractivity contribution in [2.45, 2.75) is 38.3 Å². The summed E-state index contributed by atoms with van der Waals surface area (Å²) in [4.78, 5) is 14.1. The molecule has 0 spiro atoms. The predicted molar refractivity (Wildman–Crippen MR) is 59.7 cm³/mol. The summed E-state index contributed by atoms with van der Waals surface area (Å²) in [6.45, 7) is 6.00. The van der Waals surface area contributed by atoms with Crippen LogP contribution in [-0.2, 0) is 9.53 Å². The second-order valence-corrected chi connectivity index (χ2v) is 4.68. The van der Waals surface area contributed by atoms with E-state index in [9.17, 15) is 4.79 Å². The molecule has 15 heavy (non-hydrogen) atoms. The van der Waals surface area contributed by atoms with E-state index in [0.717, 1.165) is 25.9 Å². The summed E-state index contributed by atoms with van der Waals surface area (Å²) >= 11 is 0. The lowest BCUT2D eigenvalue weighted by Crippen LogP contribution is -2.60. The number of nitrogens with zero attached hydrogens (tertiary/aromatic N) is 1. The Morgan fingerprint density at radius 1 is 1.40 bits per heavy atom. The van der Waals surface area contributed by atoms with E-state index in [1.165, 1.54) is 7.11 Å². The fourth-order valence-corrected chi connectivity index (χ4v) is 2.16. The van der Waals surface area contributed by atoms with E-state index in [1.54, 1.807) is 0 Å². The number of esters is 1. The molecule has 1 fully saturated rings. The lowest BCUT2D eigenvalue weighted by molar-refractivity contribution is -0.151. The molecule has 1 rings (SSSR count). The Kier molecular flexibility index (Phi) is 4.11. The highest BCUT2D eigenvalue weighted by Gasteiger charge is 2.41. The summed E-state index contributed by atoms with van der Waals surface area (Å²) in [5, 5.41) is 3.37. The van der Waals surface area contributed by atoms with E-state index in [0.29, 0.717) is 6.04 Å². The second kappa shape index (κ2) is 4.94. The summed E-state index contributed by atoms with van der Waals surface area (Å²) in [5.41, 5.74) is -0.463. The van der Waals surface area contributed by atoms with Gasteiger partial charge in [-0.3, -0.25) is 10.1 Å². The first-order chi connectivity index (χ1) is 7.00. The van der Waals surface area contributed by atoms with Gasteiger partial charge in [-0.15, -0.1) is 0 Å². The van der Waals surface area contributed by atoms with Crippen LogP contribution in [-0.4, -0.2) is 49.7 Å². The Labute approximate surface area is 92.0 Å². The zero-order valence-electron chi connectivity index (χ0n) is 10.2. The van der Waals surface area contributed by atoms with Gasteiger partial charge in [0.2, 0.25) is 0 Å². The van der Waals surface area contributed by atoms with E-state index >= 15 is 0 Å². The fraction of sp³-hybridized carbons (Fsp3) is 0.909. The van der Waals surface area contributed by atoms with Gasteiger partial charge >= 0.3 is 5.97 Å². The standard InChI is InChI=1S/C11H22N2O2/c1-9(2)12-11(10(14)15-4)5-7-13(3)8-6-11/h9,12H,5-8H2,1-4H3. The van der Waals surface area contributed by atoms with Crippen LogP contribution in [0.1, 0.15) is 26.7 Å². The Hall–Kier alpha value is -0.610. The van der Waals surface area contributed by atoms with E-state index in [4.69, 9.17) is 4.74 Å². The molecule has 4 nitrogen and oxygen atoms in total. The molecule has 4 heteroatoms. The molecule has 0 bridgehead atoms. The summed E-state index contributed by atoms with van der Waals surface area (Å²) in [5.74, 6) is -0.121. The second-order valence-electron chi connectivity index (χ2n) is 4.68. The van der Waals surface area contributed by atoms with Gasteiger partial charge in [0.05, 0.1) is 7.11 Å². The van der Waals surface area contributed by atoms with Crippen LogP contribution in [0, 0.1) is 0 Å². The molecule has 0 atom stereocenters. The molecule has 1 saturated heterocycles. The maximum Gasteiger partial charge on any atom is 0.326 e. The van der Waals surface area contributed by atoms with E-state index in [1.807, 2.05) is 0 Å². The molecule has 1 N–H and O–H groups in total. The summed E-state index contributed by atoms with van der Waals surface area (Å²) in [7, 11) is 3.54. The van der Waals surface area contributed by atoms with E-state index in [2.05, 4.69) is 31.1 Å². The fourth-order valence-electron chi connectivity index (χ4n) is 2.16. The van der Waals surface area contributed by atoms with Crippen molar-refractivity contribution in [1.29, 1.82) is 0 Å². The third-order valence-electron chi connectivity index (χ3n) is 2.98. The number of nitrogens with one attached hydrogen (secondary N) is 1. The number of piperidine rings is 1. The highest BCUT2D eigenvalue weighted by Crippen LogP contribution is 2.23. The minimum atomic E-state index is -0.463. The van der Waals surface area contributed by atoms with Crippen molar-refractivity contribution in [3.05, 3.63) is 0 Å². The summed E-state index contributed by atoms with van der Waals surface area (Å²) in [6, 6.07) is 0.299. The smallest absolute Gasteiger partial charge is 0.326 e. The van der Waals surface area contributed by atoms with Crippen LogP contribution >= 0.6 is 0 Å².